The number of carbonyl (C=O) groups excluding carboxylic acids is 1. The van der Waals surface area contributed by atoms with Crippen molar-refractivity contribution in [1.82, 2.24) is 0 Å². The van der Waals surface area contributed by atoms with Crippen molar-refractivity contribution in [2.45, 2.75) is 62.6 Å². The quantitative estimate of drug-likeness (QED) is 0.469. The zero-order chi connectivity index (χ0) is 19.9. The normalized spacial score (nSPS) is 18.3. The van der Waals surface area contributed by atoms with Crippen LogP contribution in [0.4, 0.5) is 0 Å². The van der Waals surface area contributed by atoms with Crippen molar-refractivity contribution in [3.63, 3.8) is 0 Å². The number of esters is 1. The molecule has 0 N–H and O–H groups in total. The lowest BCUT2D eigenvalue weighted by atomic mass is 9.85. The highest BCUT2D eigenvalue weighted by atomic mass is 32.2. The van der Waals surface area contributed by atoms with Crippen LogP contribution in [0.25, 0.3) is 0 Å². The van der Waals surface area contributed by atoms with Crippen LogP contribution in [0.5, 0.6) is 0 Å². The summed E-state index contributed by atoms with van der Waals surface area (Å²) in [6, 6.07) is 6.54. The molecule has 0 aliphatic carbocycles. The van der Waals surface area contributed by atoms with Gasteiger partial charge in [0, 0.05) is 13.2 Å². The molecule has 1 heterocycles. The first-order chi connectivity index (χ1) is 12.8. The van der Waals surface area contributed by atoms with E-state index in [-0.39, 0.29) is 16.9 Å². The Hall–Kier alpha value is -1.44. The molecule has 1 aliphatic heterocycles. The third kappa shape index (κ3) is 6.02. The van der Waals surface area contributed by atoms with E-state index < -0.39 is 21.2 Å². The second-order valence-electron chi connectivity index (χ2n) is 7.34. The summed E-state index contributed by atoms with van der Waals surface area (Å²) in [5.74, 6) is -0.358. The van der Waals surface area contributed by atoms with Crippen LogP contribution in [0.15, 0.2) is 29.2 Å². The van der Waals surface area contributed by atoms with Gasteiger partial charge in [-0.2, -0.15) is 0 Å². The fraction of sp³-hybridized carbons (Fsp3) is 0.650. The van der Waals surface area contributed by atoms with Gasteiger partial charge in [0.1, 0.15) is 0 Å². The van der Waals surface area contributed by atoms with E-state index in [4.69, 9.17) is 14.2 Å². The van der Waals surface area contributed by atoms with Gasteiger partial charge in [-0.1, -0.05) is 12.1 Å². The third-order valence-electron chi connectivity index (χ3n) is 4.86. The van der Waals surface area contributed by atoms with Gasteiger partial charge >= 0.3 is 5.97 Å². The lowest BCUT2D eigenvalue weighted by Crippen LogP contribution is -2.30. The predicted octanol–water partition coefficient (Wildman–Crippen LogP) is 3.23. The van der Waals surface area contributed by atoms with Gasteiger partial charge in [0.05, 0.1) is 23.2 Å². The molecule has 7 heteroatoms. The van der Waals surface area contributed by atoms with Crippen LogP contribution in [0.1, 0.15) is 51.5 Å². The first kappa shape index (κ1) is 21.9. The van der Waals surface area contributed by atoms with Crippen molar-refractivity contribution >= 4 is 15.8 Å². The third-order valence-corrected chi connectivity index (χ3v) is 6.66. The molecule has 6 nitrogen and oxygen atoms in total. The molecule has 0 amide bonds. The molecular formula is C20H30O6S. The number of unbranched alkanes of at least 4 members (excludes halogenated alkanes) is 1. The maximum Gasteiger partial charge on any atom is 0.315 e. The Morgan fingerprint density at radius 1 is 1.26 bits per heavy atom. The number of hydrogen-bond acceptors (Lipinski definition) is 6. The summed E-state index contributed by atoms with van der Waals surface area (Å²) in [5, 5.41) is 0. The Morgan fingerprint density at radius 3 is 2.70 bits per heavy atom. The van der Waals surface area contributed by atoms with Crippen LogP contribution >= 0.6 is 0 Å². The van der Waals surface area contributed by atoms with Crippen molar-refractivity contribution in [2.75, 3.05) is 26.1 Å². The van der Waals surface area contributed by atoms with E-state index in [0.717, 1.165) is 25.9 Å². The van der Waals surface area contributed by atoms with Crippen molar-refractivity contribution in [3.8, 4) is 0 Å². The SMILES string of the molecule is COC(=O)C(C)(C)c1cccc(S(=O)(=O)CCCCOC2CCCCO2)c1. The summed E-state index contributed by atoms with van der Waals surface area (Å²) in [7, 11) is -2.10. The Morgan fingerprint density at radius 2 is 2.04 bits per heavy atom. The molecule has 1 unspecified atom stereocenters. The smallest absolute Gasteiger partial charge is 0.315 e. The van der Waals surface area contributed by atoms with E-state index in [1.165, 1.54) is 7.11 Å². The number of sulfone groups is 1. The van der Waals surface area contributed by atoms with Crippen molar-refractivity contribution in [1.29, 1.82) is 0 Å². The summed E-state index contributed by atoms with van der Waals surface area (Å²) in [6.07, 6.45) is 4.11. The molecule has 1 fully saturated rings. The van der Waals surface area contributed by atoms with Gasteiger partial charge in [0.2, 0.25) is 0 Å². The van der Waals surface area contributed by atoms with E-state index in [1.54, 1.807) is 38.1 Å². The number of carbonyl (C=O) groups is 1. The molecule has 27 heavy (non-hydrogen) atoms. The molecule has 2 rings (SSSR count). The second-order valence-corrected chi connectivity index (χ2v) is 9.45. The van der Waals surface area contributed by atoms with Gasteiger partial charge in [-0.3, -0.25) is 4.79 Å². The van der Waals surface area contributed by atoms with Gasteiger partial charge in [0.15, 0.2) is 16.1 Å². The summed E-state index contributed by atoms with van der Waals surface area (Å²) in [4.78, 5) is 12.2. The molecule has 1 aromatic rings. The molecule has 1 aliphatic rings. The standard InChI is InChI=1S/C20H30O6S/c1-20(2,19(21)24-3)16-9-8-10-17(15-16)27(22,23)14-7-6-13-26-18-11-4-5-12-25-18/h8-10,15,18H,4-7,11-14H2,1-3H3. The van der Waals surface area contributed by atoms with E-state index in [1.807, 2.05) is 0 Å². The summed E-state index contributed by atoms with van der Waals surface area (Å²) >= 11 is 0. The first-order valence-electron chi connectivity index (χ1n) is 9.42. The maximum atomic E-state index is 12.6. The lowest BCUT2D eigenvalue weighted by Gasteiger charge is -2.23. The minimum Gasteiger partial charge on any atom is -0.468 e. The molecule has 0 radical (unpaired) electrons. The number of methoxy groups -OCH3 is 1. The molecule has 0 spiro atoms. The van der Waals surface area contributed by atoms with Crippen molar-refractivity contribution in [2.24, 2.45) is 0 Å². The zero-order valence-corrected chi connectivity index (χ0v) is 17.2. The maximum absolute atomic E-state index is 12.6. The Kier molecular flexibility index (Phi) is 7.82. The minimum absolute atomic E-state index is 0.0456. The highest BCUT2D eigenvalue weighted by Gasteiger charge is 2.31. The monoisotopic (exact) mass is 398 g/mol. The minimum atomic E-state index is -3.42. The van der Waals surface area contributed by atoms with E-state index in [2.05, 4.69) is 0 Å². The fourth-order valence-corrected chi connectivity index (χ4v) is 4.43. The van der Waals surface area contributed by atoms with Gasteiger partial charge in [-0.25, -0.2) is 8.42 Å². The van der Waals surface area contributed by atoms with Crippen LogP contribution in [-0.2, 0) is 34.3 Å². The highest BCUT2D eigenvalue weighted by molar-refractivity contribution is 7.91. The van der Waals surface area contributed by atoms with Crippen LogP contribution in [0.2, 0.25) is 0 Å². The predicted molar refractivity (Wildman–Crippen MR) is 102 cm³/mol. The van der Waals surface area contributed by atoms with E-state index in [0.29, 0.717) is 25.0 Å². The molecule has 0 bridgehead atoms. The van der Waals surface area contributed by atoms with Crippen LogP contribution in [-0.4, -0.2) is 46.8 Å². The Labute approximate surface area is 162 Å². The highest BCUT2D eigenvalue weighted by Crippen LogP contribution is 2.27. The summed E-state index contributed by atoms with van der Waals surface area (Å²) in [6.45, 7) is 4.66. The number of hydrogen-bond donors (Lipinski definition) is 0. The molecule has 1 atom stereocenters. The summed E-state index contributed by atoms with van der Waals surface area (Å²) in [5.41, 5.74) is -0.290. The van der Waals surface area contributed by atoms with Crippen LogP contribution in [0.3, 0.4) is 0 Å². The topological polar surface area (TPSA) is 78.9 Å². The van der Waals surface area contributed by atoms with Gasteiger partial charge < -0.3 is 14.2 Å². The molecule has 1 saturated heterocycles. The van der Waals surface area contributed by atoms with Crippen molar-refractivity contribution in [3.05, 3.63) is 29.8 Å². The molecule has 0 aromatic heterocycles. The Balaban J connectivity index is 1.90. The zero-order valence-electron chi connectivity index (χ0n) is 16.4. The van der Waals surface area contributed by atoms with Gasteiger partial charge in [-0.05, 0) is 63.6 Å². The fourth-order valence-electron chi connectivity index (χ4n) is 3.02. The average molecular weight is 399 g/mol. The van der Waals surface area contributed by atoms with Gasteiger partial charge in [-0.15, -0.1) is 0 Å². The van der Waals surface area contributed by atoms with Crippen LogP contribution in [0, 0.1) is 0 Å². The molecular weight excluding hydrogens is 368 g/mol. The second kappa shape index (κ2) is 9.66. The molecule has 1 aromatic carbocycles. The molecule has 152 valence electrons. The van der Waals surface area contributed by atoms with E-state index >= 15 is 0 Å². The molecule has 0 saturated carbocycles. The summed E-state index contributed by atoms with van der Waals surface area (Å²) < 4.78 is 41.2. The van der Waals surface area contributed by atoms with Crippen molar-refractivity contribution < 1.29 is 27.4 Å². The largest absolute Gasteiger partial charge is 0.468 e. The van der Waals surface area contributed by atoms with E-state index in [9.17, 15) is 13.2 Å². The first-order valence-corrected chi connectivity index (χ1v) is 11.1. The number of ether oxygens (including phenoxy) is 3. The average Bonchev–Trinajstić information content (AvgIpc) is 2.68. The van der Waals surface area contributed by atoms with Crippen LogP contribution < -0.4 is 0 Å². The Bertz CT molecular complexity index is 720. The number of rotatable bonds is 9. The van der Waals surface area contributed by atoms with Gasteiger partial charge in [0.25, 0.3) is 0 Å². The number of benzene rings is 1. The lowest BCUT2D eigenvalue weighted by molar-refractivity contribution is -0.162.